The lowest BCUT2D eigenvalue weighted by atomic mass is 9.97. The summed E-state index contributed by atoms with van der Waals surface area (Å²) < 4.78 is 10.8. The first-order chi connectivity index (χ1) is 13.7. The number of aryl methyl sites for hydroxylation is 1. The van der Waals surface area contributed by atoms with Crippen molar-refractivity contribution in [3.8, 4) is 17.1 Å². The molecule has 0 spiro atoms. The summed E-state index contributed by atoms with van der Waals surface area (Å²) in [4.78, 5) is 16.4. The molecular formula is C22H29N3O3. The summed E-state index contributed by atoms with van der Waals surface area (Å²) in [6, 6.07) is 7.38. The maximum absolute atomic E-state index is 11.9. The average Bonchev–Trinajstić information content (AvgIpc) is 3.21. The van der Waals surface area contributed by atoms with Gasteiger partial charge < -0.3 is 14.6 Å². The molecule has 0 unspecified atom stereocenters. The zero-order valence-electron chi connectivity index (χ0n) is 16.6. The van der Waals surface area contributed by atoms with Crippen LogP contribution in [0.3, 0.4) is 0 Å². The maximum atomic E-state index is 11.9. The molecule has 1 aliphatic rings. The number of hydrogen-bond acceptors (Lipinski definition) is 5. The van der Waals surface area contributed by atoms with E-state index in [1.54, 1.807) is 0 Å². The van der Waals surface area contributed by atoms with Gasteiger partial charge in [-0.05, 0) is 62.8 Å². The number of unbranched alkanes of at least 4 members (excludes halogenated alkanes) is 1. The van der Waals surface area contributed by atoms with Gasteiger partial charge in [0.25, 0.3) is 5.91 Å². The Morgan fingerprint density at radius 1 is 1.21 bits per heavy atom. The van der Waals surface area contributed by atoms with Gasteiger partial charge in [0.2, 0.25) is 11.7 Å². The van der Waals surface area contributed by atoms with Crippen LogP contribution in [0.5, 0.6) is 5.75 Å². The lowest BCUT2D eigenvalue weighted by Gasteiger charge is -2.13. The fourth-order valence-electron chi connectivity index (χ4n) is 3.20. The van der Waals surface area contributed by atoms with Crippen molar-refractivity contribution >= 4 is 5.91 Å². The SMILES string of the molecule is CCCCc1nc(-c2ccc(OCC(=O)NCCC3=CCCCC3)cc2)no1. The Hall–Kier alpha value is -2.63. The Kier molecular flexibility index (Phi) is 7.64. The van der Waals surface area contributed by atoms with E-state index in [0.29, 0.717) is 24.0 Å². The zero-order chi connectivity index (χ0) is 19.6. The van der Waals surface area contributed by atoms with Crippen molar-refractivity contribution in [1.82, 2.24) is 15.5 Å². The van der Waals surface area contributed by atoms with Gasteiger partial charge in [0.15, 0.2) is 6.61 Å². The molecule has 0 bridgehead atoms. The number of carbonyl (C=O) groups excluding carboxylic acids is 1. The van der Waals surface area contributed by atoms with Crippen molar-refractivity contribution in [2.24, 2.45) is 0 Å². The van der Waals surface area contributed by atoms with Gasteiger partial charge in [-0.15, -0.1) is 0 Å². The number of hydrogen-bond donors (Lipinski definition) is 1. The van der Waals surface area contributed by atoms with Crippen molar-refractivity contribution in [3.05, 3.63) is 41.8 Å². The predicted molar refractivity (Wildman–Crippen MR) is 108 cm³/mol. The molecule has 3 rings (SSSR count). The normalized spacial score (nSPS) is 13.8. The lowest BCUT2D eigenvalue weighted by Crippen LogP contribution is -2.29. The standard InChI is InChI=1S/C22H29N3O3/c1-2-3-9-21-24-22(25-28-21)18-10-12-19(13-11-18)27-16-20(26)23-15-14-17-7-5-4-6-8-17/h7,10-13H,2-6,8-9,14-16H2,1H3,(H,23,26). The first-order valence-electron chi connectivity index (χ1n) is 10.2. The molecule has 28 heavy (non-hydrogen) atoms. The summed E-state index contributed by atoms with van der Waals surface area (Å²) in [7, 11) is 0. The highest BCUT2D eigenvalue weighted by molar-refractivity contribution is 5.77. The Labute approximate surface area is 166 Å². The molecule has 0 atom stereocenters. The van der Waals surface area contributed by atoms with Crippen LogP contribution in [0.2, 0.25) is 0 Å². The molecule has 0 fully saturated rings. The third kappa shape index (κ3) is 6.22. The van der Waals surface area contributed by atoms with Crippen LogP contribution in [0, 0.1) is 0 Å². The summed E-state index contributed by atoms with van der Waals surface area (Å²) >= 11 is 0. The first kappa shape index (κ1) is 20.1. The number of carbonyl (C=O) groups is 1. The van der Waals surface area contributed by atoms with Gasteiger partial charge in [-0.1, -0.05) is 30.2 Å². The third-order valence-electron chi connectivity index (χ3n) is 4.85. The summed E-state index contributed by atoms with van der Waals surface area (Å²) in [5.74, 6) is 1.79. The average molecular weight is 383 g/mol. The number of nitrogens with one attached hydrogen (secondary N) is 1. The minimum absolute atomic E-state index is 0.0156. The van der Waals surface area contributed by atoms with E-state index in [9.17, 15) is 4.79 Å². The molecule has 6 nitrogen and oxygen atoms in total. The van der Waals surface area contributed by atoms with Crippen LogP contribution < -0.4 is 10.1 Å². The second kappa shape index (κ2) is 10.6. The Morgan fingerprint density at radius 2 is 2.07 bits per heavy atom. The first-order valence-corrected chi connectivity index (χ1v) is 10.2. The molecule has 0 saturated heterocycles. The molecule has 150 valence electrons. The molecule has 2 aromatic rings. The molecule has 0 saturated carbocycles. The molecule has 1 aromatic carbocycles. The Balaban J connectivity index is 1.40. The quantitative estimate of drug-likeness (QED) is 0.613. The summed E-state index contributed by atoms with van der Waals surface area (Å²) in [5.41, 5.74) is 2.33. The fourth-order valence-corrected chi connectivity index (χ4v) is 3.20. The van der Waals surface area contributed by atoms with Gasteiger partial charge in [0.1, 0.15) is 5.75 Å². The second-order valence-electron chi connectivity index (χ2n) is 7.14. The molecule has 1 aromatic heterocycles. The van der Waals surface area contributed by atoms with Gasteiger partial charge in [-0.3, -0.25) is 4.79 Å². The zero-order valence-corrected chi connectivity index (χ0v) is 16.6. The van der Waals surface area contributed by atoms with Gasteiger partial charge in [-0.25, -0.2) is 0 Å². The van der Waals surface area contributed by atoms with E-state index in [4.69, 9.17) is 9.26 Å². The Morgan fingerprint density at radius 3 is 2.82 bits per heavy atom. The van der Waals surface area contributed by atoms with E-state index in [0.717, 1.165) is 31.2 Å². The Bertz CT molecular complexity index is 781. The number of benzene rings is 1. The minimum atomic E-state index is -0.0979. The van der Waals surface area contributed by atoms with Gasteiger partial charge in [-0.2, -0.15) is 4.98 Å². The van der Waals surface area contributed by atoms with Crippen molar-refractivity contribution in [1.29, 1.82) is 0 Å². The minimum Gasteiger partial charge on any atom is -0.484 e. The van der Waals surface area contributed by atoms with E-state index < -0.39 is 0 Å². The molecule has 1 heterocycles. The third-order valence-corrected chi connectivity index (χ3v) is 4.85. The highest BCUT2D eigenvalue weighted by Crippen LogP contribution is 2.21. The topological polar surface area (TPSA) is 77.2 Å². The monoisotopic (exact) mass is 383 g/mol. The van der Waals surface area contributed by atoms with E-state index in [-0.39, 0.29) is 12.5 Å². The maximum Gasteiger partial charge on any atom is 0.257 e. The molecule has 6 heteroatoms. The van der Waals surface area contributed by atoms with Gasteiger partial charge in [0, 0.05) is 18.5 Å². The molecule has 1 aliphatic carbocycles. The molecule has 0 aliphatic heterocycles. The van der Waals surface area contributed by atoms with E-state index >= 15 is 0 Å². The smallest absolute Gasteiger partial charge is 0.257 e. The number of amides is 1. The van der Waals surface area contributed by atoms with Crippen molar-refractivity contribution in [2.45, 2.75) is 58.3 Å². The van der Waals surface area contributed by atoms with Crippen LogP contribution in [0.4, 0.5) is 0 Å². The van der Waals surface area contributed by atoms with Gasteiger partial charge >= 0.3 is 0 Å². The summed E-state index contributed by atoms with van der Waals surface area (Å²) in [5, 5.41) is 6.94. The highest BCUT2D eigenvalue weighted by Gasteiger charge is 2.09. The van der Waals surface area contributed by atoms with E-state index in [1.165, 1.54) is 31.3 Å². The van der Waals surface area contributed by atoms with Crippen molar-refractivity contribution in [2.75, 3.05) is 13.2 Å². The fraction of sp³-hybridized carbons (Fsp3) is 0.500. The number of aromatic nitrogens is 2. The van der Waals surface area contributed by atoms with Crippen LogP contribution in [-0.2, 0) is 11.2 Å². The molecule has 1 N–H and O–H groups in total. The number of nitrogens with zero attached hydrogens (tertiary/aromatic N) is 2. The van der Waals surface area contributed by atoms with Crippen LogP contribution in [-0.4, -0.2) is 29.2 Å². The lowest BCUT2D eigenvalue weighted by molar-refractivity contribution is -0.123. The number of allylic oxidation sites excluding steroid dienone is 1. The van der Waals surface area contributed by atoms with Crippen LogP contribution >= 0.6 is 0 Å². The molecular weight excluding hydrogens is 354 g/mol. The molecule has 1 amide bonds. The number of rotatable bonds is 10. The summed E-state index contributed by atoms with van der Waals surface area (Å²) in [6.07, 6.45) is 11.1. The van der Waals surface area contributed by atoms with Crippen molar-refractivity contribution in [3.63, 3.8) is 0 Å². The highest BCUT2D eigenvalue weighted by atomic mass is 16.5. The largest absolute Gasteiger partial charge is 0.484 e. The number of ether oxygens (including phenoxy) is 1. The van der Waals surface area contributed by atoms with Crippen LogP contribution in [0.15, 0.2) is 40.4 Å². The summed E-state index contributed by atoms with van der Waals surface area (Å²) in [6.45, 7) is 2.82. The van der Waals surface area contributed by atoms with Gasteiger partial charge in [0.05, 0.1) is 0 Å². The predicted octanol–water partition coefficient (Wildman–Crippen LogP) is 4.46. The van der Waals surface area contributed by atoms with Crippen LogP contribution in [0.1, 0.15) is 57.8 Å². The van der Waals surface area contributed by atoms with E-state index in [2.05, 4.69) is 28.5 Å². The van der Waals surface area contributed by atoms with E-state index in [1.807, 2.05) is 24.3 Å². The second-order valence-corrected chi connectivity index (χ2v) is 7.14. The van der Waals surface area contributed by atoms with Crippen molar-refractivity contribution < 1.29 is 14.1 Å². The molecule has 0 radical (unpaired) electrons. The van der Waals surface area contributed by atoms with Crippen LogP contribution in [0.25, 0.3) is 11.4 Å².